The zero-order valence-electron chi connectivity index (χ0n) is 16.9. The van der Waals surface area contributed by atoms with Gasteiger partial charge in [0.05, 0.1) is 5.69 Å². The van der Waals surface area contributed by atoms with E-state index in [1.165, 1.54) is 17.7 Å². The van der Waals surface area contributed by atoms with Crippen LogP contribution in [0.3, 0.4) is 0 Å². The zero-order chi connectivity index (χ0) is 20.1. The van der Waals surface area contributed by atoms with Gasteiger partial charge in [0, 0.05) is 44.6 Å². The van der Waals surface area contributed by atoms with Crippen LogP contribution in [0.2, 0.25) is 0 Å². The van der Waals surface area contributed by atoms with Crippen molar-refractivity contribution in [2.75, 3.05) is 26.7 Å². The van der Waals surface area contributed by atoms with Crippen molar-refractivity contribution < 1.29 is 8.81 Å². The summed E-state index contributed by atoms with van der Waals surface area (Å²) in [5.74, 6) is 1.70. The maximum Gasteiger partial charge on any atom is 0.226 e. The molecule has 3 aromatic rings. The molecular weight excluding hydrogens is 494 g/mol. The molecule has 0 amide bonds. The maximum absolute atomic E-state index is 13.1. The number of aliphatic imine (C=N–C) groups is 1. The lowest BCUT2D eigenvalue weighted by Gasteiger charge is -2.21. The minimum absolute atomic E-state index is 0. The predicted octanol–water partition coefficient (Wildman–Crippen LogP) is 4.71. The quantitative estimate of drug-likeness (QED) is 0.301. The molecule has 4 rings (SSSR count). The Labute approximate surface area is 193 Å². The summed E-state index contributed by atoms with van der Waals surface area (Å²) in [6.45, 7) is 2.69. The van der Waals surface area contributed by atoms with E-state index in [2.05, 4.69) is 50.5 Å². The van der Waals surface area contributed by atoms with Crippen molar-refractivity contribution in [3.05, 3.63) is 77.9 Å². The van der Waals surface area contributed by atoms with Gasteiger partial charge in [-0.3, -0.25) is 4.99 Å². The van der Waals surface area contributed by atoms with Gasteiger partial charge in [-0.2, -0.15) is 0 Å². The highest BCUT2D eigenvalue weighted by Gasteiger charge is 2.25. The average molecular weight is 520 g/mol. The van der Waals surface area contributed by atoms with E-state index in [9.17, 15) is 4.39 Å². The van der Waals surface area contributed by atoms with E-state index in [0.29, 0.717) is 18.4 Å². The normalized spacial score (nSPS) is 16.4. The molecule has 2 heterocycles. The van der Waals surface area contributed by atoms with E-state index in [-0.39, 0.29) is 29.8 Å². The van der Waals surface area contributed by atoms with E-state index in [1.54, 1.807) is 18.4 Å². The highest BCUT2D eigenvalue weighted by molar-refractivity contribution is 14.0. The van der Waals surface area contributed by atoms with Crippen LogP contribution in [0.4, 0.5) is 4.39 Å². The van der Waals surface area contributed by atoms with Gasteiger partial charge in [0.2, 0.25) is 5.89 Å². The highest BCUT2D eigenvalue weighted by Crippen LogP contribution is 2.26. The summed E-state index contributed by atoms with van der Waals surface area (Å²) in [4.78, 5) is 11.3. The van der Waals surface area contributed by atoms with Gasteiger partial charge in [0.25, 0.3) is 0 Å². The van der Waals surface area contributed by atoms with E-state index in [4.69, 9.17) is 4.42 Å². The average Bonchev–Trinajstić information content (AvgIpc) is 3.43. The minimum atomic E-state index is -0.271. The van der Waals surface area contributed by atoms with Crippen molar-refractivity contribution >= 4 is 29.9 Å². The number of hydrogen-bond acceptors (Lipinski definition) is 3. The third-order valence-corrected chi connectivity index (χ3v) is 5.28. The molecule has 7 heteroatoms. The second kappa shape index (κ2) is 10.6. The summed E-state index contributed by atoms with van der Waals surface area (Å²) in [5.41, 5.74) is 3.02. The minimum Gasteiger partial charge on any atom is -0.444 e. The Morgan fingerprint density at radius 1 is 1.20 bits per heavy atom. The van der Waals surface area contributed by atoms with Crippen molar-refractivity contribution in [2.45, 2.75) is 18.8 Å². The summed E-state index contributed by atoms with van der Waals surface area (Å²) in [7, 11) is 1.82. The van der Waals surface area contributed by atoms with Gasteiger partial charge >= 0.3 is 0 Å². The summed E-state index contributed by atoms with van der Waals surface area (Å²) in [6.07, 6.45) is 3.51. The molecule has 1 atom stereocenters. The van der Waals surface area contributed by atoms with Gasteiger partial charge < -0.3 is 14.6 Å². The lowest BCUT2D eigenvalue weighted by atomic mass is 9.99. The molecule has 5 nitrogen and oxygen atoms in total. The zero-order valence-corrected chi connectivity index (χ0v) is 19.3. The topological polar surface area (TPSA) is 53.7 Å². The van der Waals surface area contributed by atoms with Crippen LogP contribution >= 0.6 is 24.0 Å². The number of likely N-dealkylation sites (tertiary alicyclic amines) is 1. The number of halogens is 2. The molecular formula is C23H26FIN4O. The van der Waals surface area contributed by atoms with Gasteiger partial charge in [0.15, 0.2) is 5.96 Å². The van der Waals surface area contributed by atoms with Gasteiger partial charge in [-0.25, -0.2) is 9.37 Å². The van der Waals surface area contributed by atoms with Crippen molar-refractivity contribution in [3.8, 4) is 11.5 Å². The fourth-order valence-electron chi connectivity index (χ4n) is 3.73. The lowest BCUT2D eigenvalue weighted by molar-refractivity contribution is 0.486. The van der Waals surface area contributed by atoms with Gasteiger partial charge in [0.1, 0.15) is 12.1 Å². The van der Waals surface area contributed by atoms with Gasteiger partial charge in [-0.05, 0) is 36.2 Å². The molecule has 0 aliphatic carbocycles. The molecule has 1 aromatic heterocycles. The van der Waals surface area contributed by atoms with E-state index in [0.717, 1.165) is 43.1 Å². The van der Waals surface area contributed by atoms with Crippen LogP contribution in [0, 0.1) is 5.82 Å². The summed E-state index contributed by atoms with van der Waals surface area (Å²) in [5, 5.41) is 3.43. The summed E-state index contributed by atoms with van der Waals surface area (Å²) >= 11 is 0. The number of rotatable bonds is 5. The van der Waals surface area contributed by atoms with Crippen molar-refractivity contribution in [3.63, 3.8) is 0 Å². The Morgan fingerprint density at radius 3 is 2.70 bits per heavy atom. The number of hydrogen-bond donors (Lipinski definition) is 1. The fraction of sp³-hybridized carbons (Fsp3) is 0.304. The number of nitrogens with one attached hydrogen (secondary N) is 1. The van der Waals surface area contributed by atoms with Gasteiger partial charge in [-0.15, -0.1) is 24.0 Å². The molecule has 1 saturated heterocycles. The third-order valence-electron chi connectivity index (χ3n) is 5.28. The van der Waals surface area contributed by atoms with Crippen LogP contribution in [-0.4, -0.2) is 42.5 Å². The third kappa shape index (κ3) is 5.38. The van der Waals surface area contributed by atoms with Crippen molar-refractivity contribution in [2.24, 2.45) is 4.99 Å². The lowest BCUT2D eigenvalue weighted by Crippen LogP contribution is -2.40. The van der Waals surface area contributed by atoms with Crippen LogP contribution < -0.4 is 5.32 Å². The Hall–Kier alpha value is -2.42. The van der Waals surface area contributed by atoms with Crippen molar-refractivity contribution in [1.82, 2.24) is 15.2 Å². The second-order valence-electron chi connectivity index (χ2n) is 7.22. The molecule has 2 aromatic carbocycles. The predicted molar refractivity (Wildman–Crippen MR) is 128 cm³/mol. The monoisotopic (exact) mass is 520 g/mol. The number of nitrogens with zero attached hydrogens (tertiary/aromatic N) is 3. The first-order valence-electron chi connectivity index (χ1n) is 9.94. The molecule has 158 valence electrons. The standard InChI is InChI=1S/C23H25FN4O.HI/c1-25-23(28-14-12-19(15-28)17-5-3-2-4-6-17)26-13-11-21-16-29-22(27-21)18-7-9-20(24)10-8-18;/h2-10,16,19H,11-15H2,1H3,(H,25,26);1H. The number of guanidine groups is 1. The maximum atomic E-state index is 13.1. The van der Waals surface area contributed by atoms with Crippen LogP contribution in [0.1, 0.15) is 23.6 Å². The number of oxazole rings is 1. The van der Waals surface area contributed by atoms with E-state index < -0.39 is 0 Å². The largest absolute Gasteiger partial charge is 0.444 e. The Kier molecular flexibility index (Phi) is 7.84. The summed E-state index contributed by atoms with van der Waals surface area (Å²) in [6, 6.07) is 16.8. The first kappa shape index (κ1) is 22.3. The molecule has 0 radical (unpaired) electrons. The molecule has 0 spiro atoms. The van der Waals surface area contributed by atoms with Gasteiger partial charge in [-0.1, -0.05) is 30.3 Å². The fourth-order valence-corrected chi connectivity index (χ4v) is 3.73. The van der Waals surface area contributed by atoms with Crippen LogP contribution in [0.25, 0.3) is 11.5 Å². The summed E-state index contributed by atoms with van der Waals surface area (Å²) < 4.78 is 18.6. The molecule has 1 aliphatic heterocycles. The molecule has 0 bridgehead atoms. The Morgan fingerprint density at radius 2 is 1.97 bits per heavy atom. The molecule has 1 N–H and O–H groups in total. The van der Waals surface area contributed by atoms with Crippen LogP contribution in [0.5, 0.6) is 0 Å². The van der Waals surface area contributed by atoms with Crippen LogP contribution in [0.15, 0.2) is 70.3 Å². The SMILES string of the molecule is CN=C(NCCc1coc(-c2ccc(F)cc2)n1)N1CCC(c2ccccc2)C1.I. The molecule has 30 heavy (non-hydrogen) atoms. The van der Waals surface area contributed by atoms with E-state index >= 15 is 0 Å². The molecule has 1 aliphatic rings. The number of aromatic nitrogens is 1. The first-order valence-corrected chi connectivity index (χ1v) is 9.94. The van der Waals surface area contributed by atoms with Crippen molar-refractivity contribution in [1.29, 1.82) is 0 Å². The Bertz CT molecular complexity index is 959. The molecule has 1 fully saturated rings. The van der Waals surface area contributed by atoms with E-state index in [1.807, 2.05) is 7.05 Å². The Balaban J connectivity index is 0.00000256. The number of benzene rings is 2. The smallest absolute Gasteiger partial charge is 0.226 e. The second-order valence-corrected chi connectivity index (χ2v) is 7.22. The molecule has 1 unspecified atom stereocenters. The van der Waals surface area contributed by atoms with Crippen LogP contribution in [-0.2, 0) is 6.42 Å². The first-order chi connectivity index (χ1) is 14.2. The highest BCUT2D eigenvalue weighted by atomic mass is 127. The molecule has 0 saturated carbocycles.